The first-order valence-corrected chi connectivity index (χ1v) is 9.99. The fraction of sp³-hybridized carbons (Fsp3) is 0.857. The molecule has 3 saturated carbocycles. The van der Waals surface area contributed by atoms with Gasteiger partial charge in [0, 0.05) is 12.8 Å². The predicted molar refractivity (Wildman–Crippen MR) is 96.1 cm³/mol. The van der Waals surface area contributed by atoms with Gasteiger partial charge in [0.15, 0.2) is 5.78 Å². The smallest absolute Gasteiger partial charge is 0.302 e. The average Bonchev–Trinajstić information content (AvgIpc) is 2.51. The topological polar surface area (TPSA) is 80.7 Å². The van der Waals surface area contributed by atoms with Crippen molar-refractivity contribution in [3.63, 3.8) is 0 Å². The second-order valence-corrected chi connectivity index (χ2v) is 9.61. The maximum Gasteiger partial charge on any atom is 0.302 e. The van der Waals surface area contributed by atoms with Gasteiger partial charge in [0.2, 0.25) is 0 Å². The van der Waals surface area contributed by atoms with E-state index < -0.39 is 35.9 Å². The van der Waals surface area contributed by atoms with Crippen LogP contribution in [0.5, 0.6) is 0 Å². The van der Waals surface area contributed by atoms with Gasteiger partial charge in [-0.15, -0.1) is 0 Å². The molecule has 3 aliphatic rings. The van der Waals surface area contributed by atoms with Crippen LogP contribution < -0.4 is 0 Å². The van der Waals surface area contributed by atoms with Gasteiger partial charge in [-0.25, -0.2) is 0 Å². The molecule has 26 heavy (non-hydrogen) atoms. The number of hydrogen-bond donors (Lipinski definition) is 1. The number of fused-ring (bicyclic) bond motifs is 3. The summed E-state index contributed by atoms with van der Waals surface area (Å²) < 4.78 is 5.59. The lowest BCUT2D eigenvalue weighted by Crippen LogP contribution is -2.63. The number of hydrogen-bond acceptors (Lipinski definition) is 5. The van der Waals surface area contributed by atoms with Gasteiger partial charge in [0.05, 0.1) is 11.8 Å². The fourth-order valence-corrected chi connectivity index (χ4v) is 6.11. The number of ketones is 2. The third-order valence-corrected chi connectivity index (χ3v) is 7.27. The first-order valence-electron chi connectivity index (χ1n) is 9.99. The van der Waals surface area contributed by atoms with Crippen LogP contribution in [0.25, 0.3) is 0 Å². The molecule has 0 spiro atoms. The van der Waals surface area contributed by atoms with E-state index in [0.717, 1.165) is 19.3 Å². The van der Waals surface area contributed by atoms with Crippen LogP contribution in [0.2, 0.25) is 0 Å². The largest absolute Gasteiger partial charge is 0.462 e. The molecule has 5 heteroatoms. The van der Waals surface area contributed by atoms with Crippen LogP contribution in [0.3, 0.4) is 0 Å². The van der Waals surface area contributed by atoms with Crippen molar-refractivity contribution in [2.75, 3.05) is 0 Å². The van der Waals surface area contributed by atoms with E-state index in [-0.39, 0.29) is 34.7 Å². The summed E-state index contributed by atoms with van der Waals surface area (Å²) in [6.45, 7) is 9.48. The lowest BCUT2D eigenvalue weighted by Gasteiger charge is -2.56. The molecule has 0 heterocycles. The zero-order chi connectivity index (χ0) is 19.4. The number of rotatable bonds is 2. The van der Waals surface area contributed by atoms with E-state index in [4.69, 9.17) is 4.74 Å². The van der Waals surface area contributed by atoms with Crippen molar-refractivity contribution in [2.45, 2.75) is 72.5 Å². The molecule has 0 aromatic rings. The Balaban J connectivity index is 2.05. The molecule has 0 aromatic heterocycles. The fourth-order valence-electron chi connectivity index (χ4n) is 6.11. The Hall–Kier alpha value is -1.23. The van der Waals surface area contributed by atoms with E-state index in [1.54, 1.807) is 0 Å². The molecule has 0 aromatic carbocycles. The number of carbonyl (C=O) groups excluding carboxylic acids is 3. The number of Topliss-reactive ketones (excluding diaryl/α,β-unsaturated/α-hetero) is 2. The van der Waals surface area contributed by atoms with Crippen molar-refractivity contribution in [1.29, 1.82) is 0 Å². The van der Waals surface area contributed by atoms with Gasteiger partial charge in [0.1, 0.15) is 18.0 Å². The van der Waals surface area contributed by atoms with E-state index >= 15 is 0 Å². The summed E-state index contributed by atoms with van der Waals surface area (Å²) in [6, 6.07) is 0. The van der Waals surface area contributed by atoms with Crippen molar-refractivity contribution < 1.29 is 24.2 Å². The zero-order valence-corrected chi connectivity index (χ0v) is 16.5. The van der Waals surface area contributed by atoms with Crippen molar-refractivity contribution in [2.24, 2.45) is 40.9 Å². The first kappa shape index (κ1) is 19.5. The van der Waals surface area contributed by atoms with Crippen LogP contribution in [-0.4, -0.2) is 34.9 Å². The normalized spacial score (nSPS) is 42.2. The van der Waals surface area contributed by atoms with Gasteiger partial charge in [-0.1, -0.05) is 34.1 Å². The minimum atomic E-state index is -1.23. The van der Waals surface area contributed by atoms with Crippen LogP contribution in [-0.2, 0) is 19.1 Å². The zero-order valence-electron chi connectivity index (χ0n) is 16.5. The van der Waals surface area contributed by atoms with E-state index in [1.165, 1.54) is 6.92 Å². The summed E-state index contributed by atoms with van der Waals surface area (Å²) in [7, 11) is 0. The summed E-state index contributed by atoms with van der Waals surface area (Å²) >= 11 is 0. The third kappa shape index (κ3) is 3.02. The maximum absolute atomic E-state index is 13.3. The van der Waals surface area contributed by atoms with Gasteiger partial charge < -0.3 is 9.84 Å². The van der Waals surface area contributed by atoms with Gasteiger partial charge in [-0.2, -0.15) is 0 Å². The van der Waals surface area contributed by atoms with E-state index in [2.05, 4.69) is 13.8 Å². The molecule has 3 aliphatic carbocycles. The molecule has 1 N–H and O–H groups in total. The predicted octanol–water partition coefficient (Wildman–Crippen LogP) is 2.78. The Morgan fingerprint density at radius 1 is 1.19 bits per heavy atom. The molecule has 146 valence electrons. The number of aliphatic hydroxyl groups excluding tert-OH is 1. The second-order valence-electron chi connectivity index (χ2n) is 9.61. The first-order chi connectivity index (χ1) is 12.1. The summed E-state index contributed by atoms with van der Waals surface area (Å²) in [5.74, 6) is -2.34. The molecule has 0 aliphatic heterocycles. The Morgan fingerprint density at radius 3 is 2.42 bits per heavy atom. The van der Waals surface area contributed by atoms with Crippen LogP contribution in [0, 0.1) is 40.9 Å². The quantitative estimate of drug-likeness (QED) is 0.762. The molecular weight excluding hydrogens is 332 g/mol. The Kier molecular flexibility index (Phi) is 5.06. The van der Waals surface area contributed by atoms with Gasteiger partial charge in [0.25, 0.3) is 0 Å². The molecular formula is C21H32O5. The van der Waals surface area contributed by atoms with E-state index in [9.17, 15) is 19.5 Å². The van der Waals surface area contributed by atoms with E-state index in [1.807, 2.05) is 13.8 Å². The highest BCUT2D eigenvalue weighted by Crippen LogP contribution is 2.57. The highest BCUT2D eigenvalue weighted by atomic mass is 16.5. The summed E-state index contributed by atoms with van der Waals surface area (Å²) in [5.41, 5.74) is 0.0372. The van der Waals surface area contributed by atoms with Crippen LogP contribution in [0.15, 0.2) is 0 Å². The molecule has 0 saturated heterocycles. The SMILES string of the molecule is CC(=O)O[C@@H]1C[C@@H]2[C@H](CCCC2(C)C)[C@@H]2C(=O)[C@H](O)[C@H](C(C)C)C(=O)[C@H]21. The minimum Gasteiger partial charge on any atom is -0.462 e. The number of esters is 1. The van der Waals surface area contributed by atoms with Crippen LogP contribution >= 0.6 is 0 Å². The maximum atomic E-state index is 13.3. The standard InChI is InChI=1S/C21H32O5/c1-10(2)15-18(23)17-14(26-11(3)22)9-13-12(7-6-8-21(13,4)5)16(17)20(25)19(15)24/h10,12-17,19,24H,6-9H2,1-5H3/t12-,13+,14+,15+,16-,17-,19+/m0/s1. The van der Waals surface area contributed by atoms with Gasteiger partial charge in [-0.3, -0.25) is 14.4 Å². The van der Waals surface area contributed by atoms with Crippen molar-refractivity contribution in [3.8, 4) is 0 Å². The van der Waals surface area contributed by atoms with E-state index in [0.29, 0.717) is 6.42 Å². The lowest BCUT2D eigenvalue weighted by molar-refractivity contribution is -0.184. The average molecular weight is 364 g/mol. The molecule has 3 rings (SSSR count). The van der Waals surface area contributed by atoms with Crippen molar-refractivity contribution in [3.05, 3.63) is 0 Å². The second kappa shape index (κ2) is 6.74. The summed E-state index contributed by atoms with van der Waals surface area (Å²) in [5, 5.41) is 10.6. The van der Waals surface area contributed by atoms with Gasteiger partial charge in [-0.05, 0) is 42.4 Å². The number of carbonyl (C=O) groups is 3. The highest BCUT2D eigenvalue weighted by Gasteiger charge is 2.61. The Labute approximate surface area is 155 Å². The molecule has 0 unspecified atom stereocenters. The monoisotopic (exact) mass is 364 g/mol. The van der Waals surface area contributed by atoms with Crippen molar-refractivity contribution in [1.82, 2.24) is 0 Å². The van der Waals surface area contributed by atoms with Gasteiger partial charge >= 0.3 is 5.97 Å². The third-order valence-electron chi connectivity index (χ3n) is 7.27. The number of ether oxygens (including phenoxy) is 1. The minimum absolute atomic E-state index is 0.0372. The highest BCUT2D eigenvalue weighted by molar-refractivity contribution is 6.01. The molecule has 3 fully saturated rings. The summed E-state index contributed by atoms with van der Waals surface area (Å²) in [4.78, 5) is 38.2. The molecule has 0 radical (unpaired) electrons. The molecule has 0 bridgehead atoms. The summed E-state index contributed by atoms with van der Waals surface area (Å²) in [6.07, 6.45) is 1.85. The van der Waals surface area contributed by atoms with Crippen LogP contribution in [0.1, 0.15) is 60.3 Å². The molecule has 7 atom stereocenters. The Bertz CT molecular complexity index is 608. The lowest BCUT2D eigenvalue weighted by atomic mass is 9.49. The number of aliphatic hydroxyl groups is 1. The van der Waals surface area contributed by atoms with Crippen molar-refractivity contribution >= 4 is 17.5 Å². The van der Waals surface area contributed by atoms with Crippen LogP contribution in [0.4, 0.5) is 0 Å². The molecule has 5 nitrogen and oxygen atoms in total. The Morgan fingerprint density at radius 2 is 1.85 bits per heavy atom. The molecule has 0 amide bonds.